The normalized spacial score (nSPS) is 12.4. The number of rotatable bonds is 70. The molecule has 79 heavy (non-hydrogen) atoms. The van der Waals surface area contributed by atoms with E-state index in [0.29, 0.717) is 25.9 Å². The van der Waals surface area contributed by atoms with Gasteiger partial charge >= 0.3 is 5.97 Å². The number of hydrogen-bond acceptors (Lipinski definition) is 5. The molecule has 0 aromatic carbocycles. The second-order valence-corrected chi connectivity index (χ2v) is 25.6. The largest absolute Gasteiger partial charge is 0.466 e. The van der Waals surface area contributed by atoms with E-state index in [9.17, 15) is 19.8 Å². The first kappa shape index (κ1) is 77.9. The molecule has 2 atom stereocenters. The van der Waals surface area contributed by atoms with E-state index in [4.69, 9.17) is 4.74 Å². The van der Waals surface area contributed by atoms with Crippen molar-refractivity contribution in [3.63, 3.8) is 0 Å². The molecule has 0 rings (SSSR count). The van der Waals surface area contributed by atoms with Gasteiger partial charge in [-0.05, 0) is 25.7 Å². The van der Waals surface area contributed by atoms with Crippen molar-refractivity contribution < 1.29 is 24.5 Å². The third-order valence-corrected chi connectivity index (χ3v) is 17.7. The molecule has 472 valence electrons. The summed E-state index contributed by atoms with van der Waals surface area (Å²) in [6.45, 7) is 4.98. The summed E-state index contributed by atoms with van der Waals surface area (Å²) in [5, 5.41) is 23.2. The number of nitrogens with one attached hydrogen (secondary N) is 1. The second kappa shape index (κ2) is 69.4. The van der Waals surface area contributed by atoms with Crippen molar-refractivity contribution in [3.8, 4) is 0 Å². The molecular formula is C73H145NO5. The van der Waals surface area contributed by atoms with Crippen molar-refractivity contribution in [1.82, 2.24) is 5.32 Å². The van der Waals surface area contributed by atoms with Crippen LogP contribution >= 0.6 is 0 Å². The Hall–Kier alpha value is -1.14. The highest BCUT2D eigenvalue weighted by Gasteiger charge is 2.20. The number of amides is 1. The van der Waals surface area contributed by atoms with E-state index < -0.39 is 12.1 Å². The lowest BCUT2D eigenvalue weighted by Crippen LogP contribution is -2.45. The number of ether oxygens (including phenoxy) is 1. The van der Waals surface area contributed by atoms with Crippen LogP contribution in [0.3, 0.4) is 0 Å². The lowest BCUT2D eigenvalue weighted by atomic mass is 10.0. The lowest BCUT2D eigenvalue weighted by molar-refractivity contribution is -0.143. The number of carbonyl (C=O) groups excluding carboxylic acids is 2. The van der Waals surface area contributed by atoms with Crippen LogP contribution in [0.1, 0.15) is 431 Å². The highest BCUT2D eigenvalue weighted by molar-refractivity contribution is 5.76. The van der Waals surface area contributed by atoms with Gasteiger partial charge in [0.1, 0.15) is 0 Å². The number of carbonyl (C=O) groups is 2. The maximum Gasteiger partial charge on any atom is 0.305 e. The molecular weight excluding hydrogens is 971 g/mol. The van der Waals surface area contributed by atoms with Crippen LogP contribution in [0.4, 0.5) is 0 Å². The number of aliphatic hydroxyl groups excluding tert-OH is 2. The fourth-order valence-electron chi connectivity index (χ4n) is 12.1. The van der Waals surface area contributed by atoms with Gasteiger partial charge in [0.15, 0.2) is 0 Å². The standard InChI is InChI=1S/C73H145NO5/c1-3-5-7-9-11-13-14-15-44-47-51-55-59-63-67-73(78)79-68-64-60-56-52-48-45-42-40-38-36-34-32-30-28-26-24-22-20-18-16-17-19-21-23-25-27-29-31-33-35-37-39-41-43-46-50-54-58-62-66-72(77)74-70(69-75)71(76)65-61-57-53-49-12-10-8-6-4-2/h70-71,75-76H,3-69H2,1-2H3,(H,74,77). The highest BCUT2D eigenvalue weighted by atomic mass is 16.5. The van der Waals surface area contributed by atoms with Gasteiger partial charge in [-0.3, -0.25) is 9.59 Å². The first-order valence-electron chi connectivity index (χ1n) is 36.8. The van der Waals surface area contributed by atoms with Crippen LogP contribution in [0.2, 0.25) is 0 Å². The topological polar surface area (TPSA) is 95.9 Å². The molecule has 3 N–H and O–H groups in total. The summed E-state index contributed by atoms with van der Waals surface area (Å²) in [5.41, 5.74) is 0. The van der Waals surface area contributed by atoms with E-state index in [2.05, 4.69) is 19.2 Å². The molecule has 0 saturated carbocycles. The number of hydrogen-bond donors (Lipinski definition) is 3. The summed E-state index contributed by atoms with van der Waals surface area (Å²) in [4.78, 5) is 24.5. The molecule has 0 saturated heterocycles. The van der Waals surface area contributed by atoms with Gasteiger partial charge < -0.3 is 20.3 Å². The third-order valence-electron chi connectivity index (χ3n) is 17.7. The zero-order valence-corrected chi connectivity index (χ0v) is 54.2. The van der Waals surface area contributed by atoms with Crippen LogP contribution in [0.15, 0.2) is 0 Å². The summed E-state index contributed by atoms with van der Waals surface area (Å²) < 4.78 is 5.50. The van der Waals surface area contributed by atoms with E-state index in [1.807, 2.05) is 0 Å². The van der Waals surface area contributed by atoms with Gasteiger partial charge in [-0.1, -0.05) is 393 Å². The molecule has 0 aliphatic rings. The summed E-state index contributed by atoms with van der Waals surface area (Å²) in [6, 6.07) is -0.533. The highest BCUT2D eigenvalue weighted by Crippen LogP contribution is 2.20. The molecule has 0 spiro atoms. The van der Waals surface area contributed by atoms with E-state index in [0.717, 1.165) is 38.5 Å². The Morgan fingerprint density at radius 2 is 0.519 bits per heavy atom. The van der Waals surface area contributed by atoms with Crippen molar-refractivity contribution in [3.05, 3.63) is 0 Å². The maximum atomic E-state index is 12.4. The zero-order chi connectivity index (χ0) is 57.1. The first-order chi connectivity index (χ1) is 39.0. The Labute approximate surface area is 496 Å². The minimum Gasteiger partial charge on any atom is -0.466 e. The van der Waals surface area contributed by atoms with Crippen LogP contribution in [0.25, 0.3) is 0 Å². The van der Waals surface area contributed by atoms with Gasteiger partial charge in [0.05, 0.1) is 25.4 Å². The van der Waals surface area contributed by atoms with Crippen molar-refractivity contribution >= 4 is 11.9 Å². The van der Waals surface area contributed by atoms with Crippen LogP contribution in [-0.2, 0) is 14.3 Å². The third kappa shape index (κ3) is 65.9. The molecule has 0 aromatic rings. The average Bonchev–Trinajstić information content (AvgIpc) is 3.45. The van der Waals surface area contributed by atoms with Crippen molar-refractivity contribution in [2.75, 3.05) is 13.2 Å². The average molecular weight is 1120 g/mol. The van der Waals surface area contributed by atoms with Gasteiger partial charge in [0.2, 0.25) is 5.91 Å². The fourth-order valence-corrected chi connectivity index (χ4v) is 12.1. The number of unbranched alkanes of at least 4 members (excludes halogenated alkanes) is 59. The molecule has 0 fully saturated rings. The fraction of sp³-hybridized carbons (Fsp3) is 0.973. The van der Waals surface area contributed by atoms with Gasteiger partial charge in [-0.25, -0.2) is 0 Å². The molecule has 0 aliphatic heterocycles. The summed E-state index contributed by atoms with van der Waals surface area (Å²) in [5.74, 6) is -0.00135. The predicted octanol–water partition coefficient (Wildman–Crippen LogP) is 23.8. The zero-order valence-electron chi connectivity index (χ0n) is 54.2. The molecule has 6 heteroatoms. The molecule has 0 bridgehead atoms. The maximum absolute atomic E-state index is 12.4. The molecule has 6 nitrogen and oxygen atoms in total. The quantitative estimate of drug-likeness (QED) is 0.0417. The van der Waals surface area contributed by atoms with Crippen molar-refractivity contribution in [2.24, 2.45) is 0 Å². The van der Waals surface area contributed by atoms with E-state index in [1.54, 1.807) is 0 Å². The summed E-state index contributed by atoms with van der Waals surface area (Å²) >= 11 is 0. The molecule has 2 unspecified atom stereocenters. The molecule has 0 heterocycles. The minimum absolute atomic E-state index is 0.0273. The van der Waals surface area contributed by atoms with Crippen LogP contribution in [0.5, 0.6) is 0 Å². The van der Waals surface area contributed by atoms with E-state index >= 15 is 0 Å². The van der Waals surface area contributed by atoms with E-state index in [1.165, 1.54) is 360 Å². The van der Waals surface area contributed by atoms with Gasteiger partial charge in [0.25, 0.3) is 0 Å². The van der Waals surface area contributed by atoms with E-state index in [-0.39, 0.29) is 18.5 Å². The Morgan fingerprint density at radius 1 is 0.304 bits per heavy atom. The van der Waals surface area contributed by atoms with Crippen LogP contribution < -0.4 is 5.32 Å². The van der Waals surface area contributed by atoms with Crippen molar-refractivity contribution in [2.45, 2.75) is 443 Å². The molecule has 0 radical (unpaired) electrons. The second-order valence-electron chi connectivity index (χ2n) is 25.6. The number of aliphatic hydroxyl groups is 2. The summed E-state index contributed by atoms with van der Waals surface area (Å²) in [7, 11) is 0. The Bertz CT molecular complexity index is 1150. The van der Waals surface area contributed by atoms with Crippen LogP contribution in [-0.4, -0.2) is 47.4 Å². The van der Waals surface area contributed by atoms with Gasteiger partial charge in [-0.15, -0.1) is 0 Å². The minimum atomic E-state index is -0.656. The summed E-state index contributed by atoms with van der Waals surface area (Å²) in [6.07, 6.45) is 84.9. The monoisotopic (exact) mass is 1120 g/mol. The van der Waals surface area contributed by atoms with Crippen LogP contribution in [0, 0.1) is 0 Å². The molecule has 1 amide bonds. The SMILES string of the molecule is CCCCCCCCCCCCCCCCC(=O)OCCCCCCCCCCCCCCCCCCCCCCCCCCCCCCCCCCCCCCCCCC(=O)NC(CO)C(O)CCCCCCCCCCC. The van der Waals surface area contributed by atoms with Gasteiger partial charge in [-0.2, -0.15) is 0 Å². The molecule has 0 aliphatic carbocycles. The Morgan fingerprint density at radius 3 is 0.772 bits per heavy atom. The Kier molecular flexibility index (Phi) is 68.4. The smallest absolute Gasteiger partial charge is 0.305 e. The number of esters is 1. The lowest BCUT2D eigenvalue weighted by Gasteiger charge is -2.22. The van der Waals surface area contributed by atoms with Crippen molar-refractivity contribution in [1.29, 1.82) is 0 Å². The van der Waals surface area contributed by atoms with Gasteiger partial charge in [0, 0.05) is 12.8 Å². The first-order valence-corrected chi connectivity index (χ1v) is 36.8. The Balaban J connectivity index is 3.24. The predicted molar refractivity (Wildman–Crippen MR) is 347 cm³/mol. The molecule has 0 aromatic heterocycles.